The Morgan fingerprint density at radius 1 is 0.767 bits per heavy atom. The Morgan fingerprint density at radius 3 is 1.47 bits per heavy atom. The summed E-state index contributed by atoms with van der Waals surface area (Å²) in [5.41, 5.74) is -0.627. The lowest BCUT2D eigenvalue weighted by Gasteiger charge is -2.13. The predicted molar refractivity (Wildman–Crippen MR) is 99.2 cm³/mol. The van der Waals surface area contributed by atoms with Crippen molar-refractivity contribution in [2.75, 3.05) is 14.1 Å². The van der Waals surface area contributed by atoms with Crippen LogP contribution >= 0.6 is 0 Å². The fourth-order valence-electron chi connectivity index (χ4n) is 1.76. The molecule has 30 heavy (non-hydrogen) atoms. The van der Waals surface area contributed by atoms with Gasteiger partial charge in [0.1, 0.15) is 11.4 Å². The summed E-state index contributed by atoms with van der Waals surface area (Å²) >= 11 is 0. The molecule has 13 heteroatoms. The van der Waals surface area contributed by atoms with Gasteiger partial charge in [-0.25, -0.2) is 24.2 Å². The maximum absolute atomic E-state index is 12.1. The number of esters is 2. The first kappa shape index (κ1) is 24.0. The third-order valence-corrected chi connectivity index (χ3v) is 3.40. The number of aromatic nitrogens is 1. The number of carbonyl (C=O) groups excluding carboxylic acids is 6. The minimum absolute atomic E-state index is 0.313. The second kappa shape index (κ2) is 11.1. The average molecular weight is 423 g/mol. The van der Waals surface area contributed by atoms with Crippen molar-refractivity contribution in [2.24, 2.45) is 0 Å². The number of urea groups is 2. The van der Waals surface area contributed by atoms with Crippen molar-refractivity contribution in [2.45, 2.75) is 26.1 Å². The van der Waals surface area contributed by atoms with Gasteiger partial charge in [0, 0.05) is 14.1 Å². The molecule has 0 aromatic carbocycles. The summed E-state index contributed by atoms with van der Waals surface area (Å²) in [5.74, 6) is -3.80. The minimum atomic E-state index is -1.32. The van der Waals surface area contributed by atoms with Crippen molar-refractivity contribution in [3.63, 3.8) is 0 Å². The summed E-state index contributed by atoms with van der Waals surface area (Å²) in [4.78, 5) is 73.8. The third-order valence-electron chi connectivity index (χ3n) is 3.40. The number of imide groups is 2. The zero-order valence-electron chi connectivity index (χ0n) is 16.6. The molecule has 1 aromatic heterocycles. The van der Waals surface area contributed by atoms with Crippen molar-refractivity contribution in [1.82, 2.24) is 26.3 Å². The number of ether oxygens (including phenoxy) is 2. The lowest BCUT2D eigenvalue weighted by atomic mass is 10.3. The number of hydrogen-bond donors (Lipinski definition) is 4. The highest BCUT2D eigenvalue weighted by Gasteiger charge is 2.24. The van der Waals surface area contributed by atoms with Gasteiger partial charge in [-0.2, -0.15) is 0 Å². The van der Waals surface area contributed by atoms with Gasteiger partial charge in [0.25, 0.3) is 11.8 Å². The number of nitrogens with zero attached hydrogens (tertiary/aromatic N) is 1. The number of pyridine rings is 1. The van der Waals surface area contributed by atoms with Crippen LogP contribution in [0.25, 0.3) is 0 Å². The molecule has 0 spiro atoms. The van der Waals surface area contributed by atoms with E-state index in [4.69, 9.17) is 9.47 Å². The molecule has 1 heterocycles. The highest BCUT2D eigenvalue weighted by Crippen LogP contribution is 2.07. The standard InChI is InChI=1S/C17H21N5O8/c1-8(12(23)21-16(27)18-3)29-14(25)10-6-5-7-11(20-10)15(26)30-9(2)13(24)22-17(28)19-4/h5-9H,1-4H3,(H2,18,21,23,27)(H2,19,22,24,28). The van der Waals surface area contributed by atoms with Crippen molar-refractivity contribution < 1.29 is 38.2 Å². The molecule has 0 aliphatic carbocycles. The molecule has 0 aliphatic rings. The van der Waals surface area contributed by atoms with Crippen LogP contribution in [0.5, 0.6) is 0 Å². The van der Waals surface area contributed by atoms with Crippen molar-refractivity contribution in [1.29, 1.82) is 0 Å². The van der Waals surface area contributed by atoms with E-state index in [2.05, 4.69) is 15.6 Å². The van der Waals surface area contributed by atoms with Gasteiger partial charge in [0.15, 0.2) is 12.2 Å². The first-order valence-corrected chi connectivity index (χ1v) is 8.53. The maximum Gasteiger partial charge on any atom is 0.357 e. The molecule has 0 radical (unpaired) electrons. The molecular formula is C17H21N5O8. The smallest absolute Gasteiger partial charge is 0.357 e. The summed E-state index contributed by atoms with van der Waals surface area (Å²) < 4.78 is 9.80. The quantitative estimate of drug-likeness (QED) is 0.421. The van der Waals surface area contributed by atoms with Crippen LogP contribution in [0, 0.1) is 0 Å². The van der Waals surface area contributed by atoms with E-state index >= 15 is 0 Å². The van der Waals surface area contributed by atoms with E-state index in [1.54, 1.807) is 0 Å². The zero-order valence-corrected chi connectivity index (χ0v) is 16.6. The molecule has 0 saturated heterocycles. The fraction of sp³-hybridized carbons (Fsp3) is 0.353. The van der Waals surface area contributed by atoms with E-state index in [0.29, 0.717) is 0 Å². The lowest BCUT2D eigenvalue weighted by molar-refractivity contribution is -0.128. The van der Waals surface area contributed by atoms with Crippen LogP contribution in [0.4, 0.5) is 9.59 Å². The second-order valence-electron chi connectivity index (χ2n) is 5.64. The first-order valence-electron chi connectivity index (χ1n) is 8.53. The van der Waals surface area contributed by atoms with Crippen LogP contribution in [0.1, 0.15) is 34.8 Å². The molecule has 0 bridgehead atoms. The van der Waals surface area contributed by atoms with Crippen molar-refractivity contribution in [3.05, 3.63) is 29.6 Å². The Morgan fingerprint density at radius 2 is 1.13 bits per heavy atom. The molecule has 4 N–H and O–H groups in total. The Bertz CT molecular complexity index is 791. The summed E-state index contributed by atoms with van der Waals surface area (Å²) in [7, 11) is 2.60. The zero-order chi connectivity index (χ0) is 22.8. The normalized spacial score (nSPS) is 11.9. The predicted octanol–water partition coefficient (Wildman–Crippen LogP) is -0.917. The number of nitrogens with one attached hydrogen (secondary N) is 4. The average Bonchev–Trinajstić information content (AvgIpc) is 2.73. The molecule has 2 unspecified atom stereocenters. The highest BCUT2D eigenvalue weighted by molar-refractivity contribution is 5.99. The second-order valence-corrected chi connectivity index (χ2v) is 5.64. The Balaban J connectivity index is 2.77. The molecule has 162 valence electrons. The fourth-order valence-corrected chi connectivity index (χ4v) is 1.76. The highest BCUT2D eigenvalue weighted by atomic mass is 16.6. The van der Waals surface area contributed by atoms with Crippen molar-refractivity contribution >= 4 is 35.8 Å². The van der Waals surface area contributed by atoms with Crippen molar-refractivity contribution in [3.8, 4) is 0 Å². The minimum Gasteiger partial charge on any atom is -0.448 e. The number of rotatable bonds is 6. The van der Waals surface area contributed by atoms with Gasteiger partial charge < -0.3 is 20.1 Å². The Labute approximate surface area is 170 Å². The monoisotopic (exact) mass is 423 g/mol. The van der Waals surface area contributed by atoms with Crippen LogP contribution in [0.3, 0.4) is 0 Å². The SMILES string of the molecule is CNC(=O)NC(=O)C(C)OC(=O)c1cccc(C(=O)OC(C)C(=O)NC(=O)NC)n1. The van der Waals surface area contributed by atoms with Gasteiger partial charge in [0.05, 0.1) is 0 Å². The summed E-state index contributed by atoms with van der Waals surface area (Å²) in [6.07, 6.45) is -2.64. The van der Waals surface area contributed by atoms with E-state index in [1.807, 2.05) is 10.6 Å². The lowest BCUT2D eigenvalue weighted by Crippen LogP contribution is -2.43. The molecule has 0 saturated carbocycles. The Kier molecular flexibility index (Phi) is 8.87. The first-order chi connectivity index (χ1) is 14.1. The number of hydrogen-bond acceptors (Lipinski definition) is 9. The molecule has 0 aliphatic heterocycles. The molecule has 13 nitrogen and oxygen atoms in total. The van der Waals surface area contributed by atoms with Gasteiger partial charge in [-0.05, 0) is 26.0 Å². The third kappa shape index (κ3) is 7.18. The van der Waals surface area contributed by atoms with Gasteiger partial charge in [0.2, 0.25) is 0 Å². The maximum atomic E-state index is 12.1. The van der Waals surface area contributed by atoms with Crippen LogP contribution in [0.2, 0.25) is 0 Å². The van der Waals surface area contributed by atoms with Crippen LogP contribution in [-0.4, -0.2) is 67.1 Å². The van der Waals surface area contributed by atoms with E-state index in [0.717, 1.165) is 0 Å². The van der Waals surface area contributed by atoms with Gasteiger partial charge in [-0.3, -0.25) is 20.2 Å². The van der Waals surface area contributed by atoms with E-state index in [1.165, 1.54) is 46.1 Å². The molecule has 2 atom stereocenters. The molecule has 6 amide bonds. The van der Waals surface area contributed by atoms with E-state index < -0.39 is 48.0 Å². The van der Waals surface area contributed by atoms with Gasteiger partial charge >= 0.3 is 24.0 Å². The number of amides is 6. The largest absolute Gasteiger partial charge is 0.448 e. The van der Waals surface area contributed by atoms with Crippen LogP contribution in [0.15, 0.2) is 18.2 Å². The summed E-state index contributed by atoms with van der Waals surface area (Å²) in [6.45, 7) is 2.47. The van der Waals surface area contributed by atoms with Gasteiger partial charge in [-0.15, -0.1) is 0 Å². The van der Waals surface area contributed by atoms with E-state index in [-0.39, 0.29) is 11.4 Å². The molecular weight excluding hydrogens is 402 g/mol. The van der Waals surface area contributed by atoms with Crippen LogP contribution < -0.4 is 21.3 Å². The van der Waals surface area contributed by atoms with E-state index in [9.17, 15) is 28.8 Å². The van der Waals surface area contributed by atoms with Gasteiger partial charge in [-0.1, -0.05) is 6.07 Å². The number of carbonyl (C=O) groups is 6. The Hall–Kier alpha value is -4.03. The summed E-state index contributed by atoms with van der Waals surface area (Å²) in [5, 5.41) is 8.21. The summed E-state index contributed by atoms with van der Waals surface area (Å²) in [6, 6.07) is 2.21. The molecule has 0 fully saturated rings. The molecule has 1 rings (SSSR count). The van der Waals surface area contributed by atoms with Crippen LogP contribution in [-0.2, 0) is 19.1 Å². The topological polar surface area (TPSA) is 182 Å². The molecule has 1 aromatic rings.